The Morgan fingerprint density at radius 3 is 3.00 bits per heavy atom. The first kappa shape index (κ1) is 13.1. The van der Waals surface area contributed by atoms with E-state index < -0.39 is 0 Å². The topological polar surface area (TPSA) is 50.4 Å². The highest BCUT2D eigenvalue weighted by Crippen LogP contribution is 2.19. The van der Waals surface area contributed by atoms with Crippen molar-refractivity contribution in [2.75, 3.05) is 25.6 Å². The van der Waals surface area contributed by atoms with E-state index in [0.717, 1.165) is 17.7 Å². The molecule has 0 spiro atoms. The number of hydrogen-bond acceptors (Lipinski definition) is 3. The van der Waals surface area contributed by atoms with Crippen LogP contribution in [-0.4, -0.2) is 26.2 Å². The molecule has 2 atom stereocenters. The maximum atomic E-state index is 12.0. The lowest BCUT2D eigenvalue weighted by molar-refractivity contribution is -0.119. The molecule has 18 heavy (non-hydrogen) atoms. The van der Waals surface area contributed by atoms with Crippen molar-refractivity contribution in [2.24, 2.45) is 5.92 Å². The van der Waals surface area contributed by atoms with Crippen molar-refractivity contribution in [1.29, 1.82) is 0 Å². The van der Waals surface area contributed by atoms with E-state index in [2.05, 4.69) is 23.6 Å². The molecule has 4 heteroatoms. The molecule has 4 nitrogen and oxygen atoms in total. The van der Waals surface area contributed by atoms with Crippen LogP contribution in [0.25, 0.3) is 0 Å². The fourth-order valence-corrected chi connectivity index (χ4v) is 2.04. The Balaban J connectivity index is 2.02. The maximum Gasteiger partial charge on any atom is 0.229 e. The number of rotatable bonds is 4. The van der Waals surface area contributed by atoms with Crippen molar-refractivity contribution in [3.63, 3.8) is 0 Å². The molecule has 1 aromatic carbocycles. The van der Waals surface area contributed by atoms with Crippen LogP contribution in [0.5, 0.6) is 0 Å². The van der Waals surface area contributed by atoms with Gasteiger partial charge in [-0.3, -0.25) is 4.79 Å². The normalized spacial score (nSPS) is 20.7. The van der Waals surface area contributed by atoms with Crippen molar-refractivity contribution in [3.05, 3.63) is 29.8 Å². The first-order chi connectivity index (χ1) is 8.70. The second-order valence-electron chi connectivity index (χ2n) is 4.69. The third-order valence-corrected chi connectivity index (χ3v) is 3.39. The van der Waals surface area contributed by atoms with Crippen molar-refractivity contribution >= 4 is 11.6 Å². The smallest absolute Gasteiger partial charge is 0.229 e. The fourth-order valence-electron chi connectivity index (χ4n) is 2.04. The van der Waals surface area contributed by atoms with Gasteiger partial charge in [-0.25, -0.2) is 0 Å². The Morgan fingerprint density at radius 2 is 2.33 bits per heavy atom. The molecule has 2 rings (SSSR count). The minimum atomic E-state index is -0.00428. The Bertz CT molecular complexity index is 414. The van der Waals surface area contributed by atoms with E-state index in [1.54, 1.807) is 0 Å². The lowest BCUT2D eigenvalue weighted by Crippen LogP contribution is -2.23. The molecule has 1 aliphatic rings. The van der Waals surface area contributed by atoms with Crippen LogP contribution in [0.2, 0.25) is 0 Å². The van der Waals surface area contributed by atoms with Crippen LogP contribution in [0.15, 0.2) is 24.3 Å². The SMILES string of the molecule is CNC(C)c1cccc(NC(=O)C2CCOC2)c1. The Morgan fingerprint density at radius 1 is 1.50 bits per heavy atom. The number of benzene rings is 1. The van der Waals surface area contributed by atoms with Gasteiger partial charge in [0.05, 0.1) is 12.5 Å². The first-order valence-electron chi connectivity index (χ1n) is 6.36. The van der Waals surface area contributed by atoms with Gasteiger partial charge in [0.15, 0.2) is 0 Å². The van der Waals surface area contributed by atoms with Crippen molar-refractivity contribution in [1.82, 2.24) is 5.32 Å². The highest BCUT2D eigenvalue weighted by Gasteiger charge is 2.23. The molecular weight excluding hydrogens is 228 g/mol. The van der Waals surface area contributed by atoms with E-state index in [0.29, 0.717) is 13.2 Å². The van der Waals surface area contributed by atoms with Crippen LogP contribution in [0, 0.1) is 5.92 Å². The van der Waals surface area contributed by atoms with Gasteiger partial charge in [0.25, 0.3) is 0 Å². The molecule has 2 unspecified atom stereocenters. The molecule has 1 fully saturated rings. The van der Waals surface area contributed by atoms with Crippen molar-refractivity contribution in [2.45, 2.75) is 19.4 Å². The Kier molecular flexibility index (Phi) is 4.33. The van der Waals surface area contributed by atoms with E-state index in [1.165, 1.54) is 0 Å². The van der Waals surface area contributed by atoms with Crippen LogP contribution in [-0.2, 0) is 9.53 Å². The number of nitrogens with one attached hydrogen (secondary N) is 2. The average molecular weight is 248 g/mol. The van der Waals surface area contributed by atoms with Gasteiger partial charge in [-0.05, 0) is 38.1 Å². The molecule has 1 heterocycles. The molecule has 1 saturated heterocycles. The Hall–Kier alpha value is -1.39. The van der Waals surface area contributed by atoms with Gasteiger partial charge in [-0.15, -0.1) is 0 Å². The lowest BCUT2D eigenvalue weighted by Gasteiger charge is -2.14. The molecule has 0 bridgehead atoms. The predicted octanol–water partition coefficient (Wildman–Crippen LogP) is 1.94. The van der Waals surface area contributed by atoms with Crippen LogP contribution in [0.4, 0.5) is 5.69 Å². The van der Waals surface area contributed by atoms with Crippen LogP contribution >= 0.6 is 0 Å². The number of amides is 1. The summed E-state index contributed by atoms with van der Waals surface area (Å²) in [5, 5.41) is 6.14. The number of carbonyl (C=O) groups is 1. The zero-order valence-electron chi connectivity index (χ0n) is 10.9. The van der Waals surface area contributed by atoms with Crippen LogP contribution < -0.4 is 10.6 Å². The molecule has 1 aromatic rings. The van der Waals surface area contributed by atoms with Gasteiger partial charge in [0.2, 0.25) is 5.91 Å². The molecule has 1 aliphatic heterocycles. The van der Waals surface area contributed by atoms with Gasteiger partial charge < -0.3 is 15.4 Å². The molecule has 2 N–H and O–H groups in total. The standard InChI is InChI=1S/C14H20N2O2/c1-10(15-2)11-4-3-5-13(8-11)16-14(17)12-6-7-18-9-12/h3-5,8,10,12,15H,6-7,9H2,1-2H3,(H,16,17). The molecule has 0 aromatic heterocycles. The zero-order valence-corrected chi connectivity index (χ0v) is 10.9. The molecule has 0 radical (unpaired) electrons. The summed E-state index contributed by atoms with van der Waals surface area (Å²) in [6.45, 7) is 3.32. The summed E-state index contributed by atoms with van der Waals surface area (Å²) in [4.78, 5) is 12.0. The zero-order chi connectivity index (χ0) is 13.0. The first-order valence-corrected chi connectivity index (χ1v) is 6.36. The number of hydrogen-bond donors (Lipinski definition) is 2. The lowest BCUT2D eigenvalue weighted by atomic mass is 10.1. The predicted molar refractivity (Wildman–Crippen MR) is 71.5 cm³/mol. The molecule has 0 aliphatic carbocycles. The largest absolute Gasteiger partial charge is 0.381 e. The number of carbonyl (C=O) groups excluding carboxylic acids is 1. The van der Waals surface area contributed by atoms with Gasteiger partial charge in [-0.1, -0.05) is 12.1 Å². The molecule has 0 saturated carbocycles. The summed E-state index contributed by atoms with van der Waals surface area (Å²) in [6.07, 6.45) is 0.818. The van der Waals surface area contributed by atoms with Gasteiger partial charge in [-0.2, -0.15) is 0 Å². The van der Waals surface area contributed by atoms with E-state index in [4.69, 9.17) is 4.74 Å². The number of anilines is 1. The van der Waals surface area contributed by atoms with Crippen molar-refractivity contribution in [3.8, 4) is 0 Å². The summed E-state index contributed by atoms with van der Waals surface area (Å²) in [6, 6.07) is 8.21. The minimum absolute atomic E-state index is 0.00428. The Labute approximate surface area is 108 Å². The molecule has 1 amide bonds. The number of ether oxygens (including phenoxy) is 1. The van der Waals surface area contributed by atoms with Gasteiger partial charge in [0.1, 0.15) is 0 Å². The van der Waals surface area contributed by atoms with E-state index in [1.807, 2.05) is 25.2 Å². The second kappa shape index (κ2) is 5.98. The summed E-state index contributed by atoms with van der Waals surface area (Å²) in [5.41, 5.74) is 2.02. The average Bonchev–Trinajstić information content (AvgIpc) is 2.92. The van der Waals surface area contributed by atoms with E-state index in [-0.39, 0.29) is 17.9 Å². The second-order valence-corrected chi connectivity index (χ2v) is 4.69. The molecular formula is C14H20N2O2. The highest BCUT2D eigenvalue weighted by molar-refractivity contribution is 5.92. The quantitative estimate of drug-likeness (QED) is 0.856. The van der Waals surface area contributed by atoms with Crippen LogP contribution in [0.3, 0.4) is 0 Å². The maximum absolute atomic E-state index is 12.0. The summed E-state index contributed by atoms with van der Waals surface area (Å²) in [5.74, 6) is 0.0529. The highest BCUT2D eigenvalue weighted by atomic mass is 16.5. The summed E-state index contributed by atoms with van der Waals surface area (Å²) >= 11 is 0. The van der Waals surface area contributed by atoms with Gasteiger partial charge >= 0.3 is 0 Å². The molecule has 98 valence electrons. The van der Waals surface area contributed by atoms with Crippen molar-refractivity contribution < 1.29 is 9.53 Å². The minimum Gasteiger partial charge on any atom is -0.381 e. The fraction of sp³-hybridized carbons (Fsp3) is 0.500. The summed E-state index contributed by atoms with van der Waals surface area (Å²) < 4.78 is 5.22. The van der Waals surface area contributed by atoms with E-state index >= 15 is 0 Å². The van der Waals surface area contributed by atoms with Gasteiger partial charge in [0, 0.05) is 18.3 Å². The monoisotopic (exact) mass is 248 g/mol. The summed E-state index contributed by atoms with van der Waals surface area (Å²) in [7, 11) is 1.92. The third kappa shape index (κ3) is 3.09. The van der Waals surface area contributed by atoms with E-state index in [9.17, 15) is 4.79 Å². The van der Waals surface area contributed by atoms with Crippen LogP contribution in [0.1, 0.15) is 24.9 Å². The third-order valence-electron chi connectivity index (χ3n) is 3.39.